The van der Waals surface area contributed by atoms with E-state index in [0.717, 1.165) is 11.0 Å². The molecule has 0 aromatic rings. The van der Waals surface area contributed by atoms with Crippen molar-refractivity contribution in [2.45, 2.75) is 32.9 Å². The summed E-state index contributed by atoms with van der Waals surface area (Å²) in [5.41, 5.74) is 0. The molecule has 0 amide bonds. The van der Waals surface area contributed by atoms with Crippen LogP contribution in [0.4, 0.5) is 0 Å². The Morgan fingerprint density at radius 2 is 1.21 bits per heavy atom. The fourth-order valence-corrected chi connectivity index (χ4v) is 0.781. The minimum atomic E-state index is -3.81. The minimum absolute atomic E-state index is 0.748. The molecule has 0 rings (SSSR count). The van der Waals surface area contributed by atoms with E-state index >= 15 is 0 Å². The normalized spacial score (nSPS) is 10.1. The monoisotopic (exact) mass is 374 g/mol. The Balaban J connectivity index is -0.0000000848. The van der Waals surface area contributed by atoms with Crippen LogP contribution in [0.5, 0.6) is 0 Å². The molecule has 0 saturated carbocycles. The van der Waals surface area contributed by atoms with Gasteiger partial charge < -0.3 is 29.4 Å². The van der Waals surface area contributed by atoms with Crippen molar-refractivity contribution in [3.63, 3.8) is 0 Å². The van der Waals surface area contributed by atoms with Crippen molar-refractivity contribution < 1.29 is 29.4 Å². The van der Waals surface area contributed by atoms with Gasteiger partial charge in [0, 0.05) is 5.75 Å². The topological polar surface area (TPSA) is 121 Å². The lowest BCUT2D eigenvalue weighted by molar-refractivity contribution is 0.361. The Labute approximate surface area is 129 Å². The van der Waals surface area contributed by atoms with Gasteiger partial charge in [0.05, 0.1) is 0 Å². The maximum absolute atomic E-state index is 7.56. The molecule has 19 heavy (non-hydrogen) atoms. The first-order valence-corrected chi connectivity index (χ1v) is 11.4. The number of thioether (sulfide) groups is 1. The van der Waals surface area contributed by atoms with Gasteiger partial charge in [0.2, 0.25) is 0 Å². The van der Waals surface area contributed by atoms with Crippen LogP contribution < -0.4 is 0 Å². The predicted octanol–water partition coefficient (Wildman–Crippen LogP) is 1.72. The van der Waals surface area contributed by atoms with E-state index in [2.05, 4.69) is 44.0 Å². The highest BCUT2D eigenvalue weighted by molar-refractivity contribution is 8.06. The van der Waals surface area contributed by atoms with Crippen molar-refractivity contribution in [2.75, 3.05) is 5.75 Å². The van der Waals surface area contributed by atoms with Crippen LogP contribution in [0.15, 0.2) is 12.7 Å². The second-order valence-corrected chi connectivity index (χ2v) is 9.30. The molecule has 0 heterocycles. The molecule has 6 N–H and O–H groups in total. The second kappa shape index (κ2) is 17.2. The smallest absolute Gasteiger partial charge is 0.319 e. The van der Waals surface area contributed by atoms with Gasteiger partial charge in [0.25, 0.3) is 0 Å². The molecule has 0 aliphatic carbocycles. The average Bonchev–Trinajstić information content (AvgIpc) is 2.12. The van der Waals surface area contributed by atoms with E-state index in [0.29, 0.717) is 0 Å². The molecule has 0 atom stereocenters. The van der Waals surface area contributed by atoms with Crippen molar-refractivity contribution in [1.82, 2.24) is 0 Å². The lowest BCUT2D eigenvalue weighted by Crippen LogP contribution is -1.85. The fourth-order valence-electron chi connectivity index (χ4n) is 0.260. The molecule has 0 aliphatic heterocycles. The lowest BCUT2D eigenvalue weighted by atomic mass is 10.6. The summed E-state index contributed by atoms with van der Waals surface area (Å²) in [7, 11) is 0. The summed E-state index contributed by atoms with van der Waals surface area (Å²) >= 11 is 9.12. The second-order valence-electron chi connectivity index (χ2n) is 2.70. The van der Waals surface area contributed by atoms with E-state index in [-0.39, 0.29) is 0 Å². The van der Waals surface area contributed by atoms with Gasteiger partial charge in [0.15, 0.2) is 0 Å². The zero-order chi connectivity index (χ0) is 16.7. The van der Waals surface area contributed by atoms with Gasteiger partial charge in [-0.05, 0) is 28.9 Å². The van der Waals surface area contributed by atoms with Crippen LogP contribution in [0, 0.1) is 0 Å². The summed E-state index contributed by atoms with van der Waals surface area (Å²) in [6.07, 6.45) is 1.94. The molecule has 0 unspecified atom stereocenters. The Bertz CT molecular complexity index is 239. The van der Waals surface area contributed by atoms with Crippen LogP contribution in [0.25, 0.3) is 0 Å². The SMILES string of the molecule is C=CCSC(C)C.CC.OP(O)(O)=S.OP(O)(O)=S. The largest absolute Gasteiger partial charge is 0.325 e. The van der Waals surface area contributed by atoms with Crippen molar-refractivity contribution >= 4 is 48.8 Å². The van der Waals surface area contributed by atoms with Gasteiger partial charge in [-0.15, -0.1) is 6.58 Å². The first-order chi connectivity index (χ1) is 8.27. The average molecular weight is 374 g/mol. The van der Waals surface area contributed by atoms with Gasteiger partial charge >= 0.3 is 13.4 Å². The van der Waals surface area contributed by atoms with Gasteiger partial charge in [-0.2, -0.15) is 11.8 Å². The van der Waals surface area contributed by atoms with Crippen LogP contribution in [-0.2, 0) is 23.6 Å². The van der Waals surface area contributed by atoms with E-state index in [9.17, 15) is 0 Å². The molecule has 0 radical (unpaired) electrons. The zero-order valence-electron chi connectivity index (χ0n) is 11.4. The Hall–Kier alpha value is 1.15. The summed E-state index contributed by atoms with van der Waals surface area (Å²) < 4.78 is 0. The van der Waals surface area contributed by atoms with Crippen LogP contribution in [0.2, 0.25) is 0 Å². The highest BCUT2D eigenvalue weighted by Crippen LogP contribution is 2.26. The van der Waals surface area contributed by atoms with Crippen molar-refractivity contribution in [2.24, 2.45) is 0 Å². The summed E-state index contributed by atoms with van der Waals surface area (Å²) in [6, 6.07) is 0. The van der Waals surface area contributed by atoms with Gasteiger partial charge in [0.1, 0.15) is 0 Å². The van der Waals surface area contributed by atoms with E-state index in [1.165, 1.54) is 0 Å². The lowest BCUT2D eigenvalue weighted by Gasteiger charge is -1.97. The zero-order valence-corrected chi connectivity index (χ0v) is 15.6. The third-order valence-corrected chi connectivity index (χ3v) is 1.64. The number of rotatable bonds is 3. The fraction of sp³-hybridized carbons (Fsp3) is 0.750. The molecule has 0 spiro atoms. The first kappa shape index (κ1) is 28.3. The highest BCUT2D eigenvalue weighted by atomic mass is 32.5. The molecule has 0 aliphatic rings. The molecule has 120 valence electrons. The van der Waals surface area contributed by atoms with Crippen LogP contribution in [-0.4, -0.2) is 40.4 Å². The van der Waals surface area contributed by atoms with E-state index in [1.807, 2.05) is 31.7 Å². The summed E-state index contributed by atoms with van der Waals surface area (Å²) in [6.45, 7) is 4.38. The number of hydrogen-bond acceptors (Lipinski definition) is 3. The Kier molecular flexibility index (Phi) is 25.7. The van der Waals surface area contributed by atoms with Crippen molar-refractivity contribution in [1.29, 1.82) is 0 Å². The third kappa shape index (κ3) is 212. The van der Waals surface area contributed by atoms with E-state index in [1.54, 1.807) is 0 Å². The first-order valence-electron chi connectivity index (χ1n) is 5.06. The molecular formula is C8H24O6P2S3. The van der Waals surface area contributed by atoms with Crippen molar-refractivity contribution in [3.05, 3.63) is 12.7 Å². The Morgan fingerprint density at radius 3 is 1.26 bits per heavy atom. The van der Waals surface area contributed by atoms with E-state index in [4.69, 9.17) is 29.4 Å². The van der Waals surface area contributed by atoms with E-state index < -0.39 is 13.4 Å². The molecule has 0 saturated heterocycles. The van der Waals surface area contributed by atoms with Crippen LogP contribution in [0.3, 0.4) is 0 Å². The summed E-state index contributed by atoms with van der Waals surface area (Å²) in [5.74, 6) is 1.08. The summed E-state index contributed by atoms with van der Waals surface area (Å²) in [5, 5.41) is 0.748. The van der Waals surface area contributed by atoms with Crippen molar-refractivity contribution in [3.8, 4) is 0 Å². The maximum Gasteiger partial charge on any atom is 0.319 e. The molecule has 0 aromatic heterocycles. The standard InChI is InChI=1S/C6H12S.C2H6.2H3O3PS/c1-4-5-7-6(2)3;1-2;2*1-4(2,3)5/h4,6H,1,5H2,2-3H3;1-2H3;2*(H3,1,2,3,5). The third-order valence-electron chi connectivity index (χ3n) is 0.547. The molecule has 0 fully saturated rings. The van der Waals surface area contributed by atoms with Crippen LogP contribution in [0.1, 0.15) is 27.7 Å². The summed E-state index contributed by atoms with van der Waals surface area (Å²) in [4.78, 5) is 45.3. The highest BCUT2D eigenvalue weighted by Gasteiger charge is 1.92. The van der Waals surface area contributed by atoms with Gasteiger partial charge in [-0.25, -0.2) is 0 Å². The number of hydrogen-bond donors (Lipinski definition) is 6. The maximum atomic E-state index is 7.56. The quantitative estimate of drug-likeness (QED) is 0.324. The molecular weight excluding hydrogens is 350 g/mol. The molecule has 0 bridgehead atoms. The minimum Gasteiger partial charge on any atom is -0.325 e. The Morgan fingerprint density at radius 1 is 1.00 bits per heavy atom. The molecule has 6 nitrogen and oxygen atoms in total. The van der Waals surface area contributed by atoms with Gasteiger partial charge in [-0.1, -0.05) is 33.8 Å². The van der Waals surface area contributed by atoms with Crippen LogP contribution >= 0.6 is 25.2 Å². The van der Waals surface area contributed by atoms with Gasteiger partial charge in [-0.3, -0.25) is 0 Å². The molecule has 11 heteroatoms. The molecule has 0 aromatic carbocycles. The predicted molar refractivity (Wildman–Crippen MR) is 91.0 cm³/mol.